The minimum Gasteiger partial charge on any atom is -0.468 e. The van der Waals surface area contributed by atoms with Gasteiger partial charge in [0.25, 0.3) is 5.90 Å². The zero-order chi connectivity index (χ0) is 10.1. The lowest BCUT2D eigenvalue weighted by Gasteiger charge is -2.18. The summed E-state index contributed by atoms with van der Waals surface area (Å²) in [5.41, 5.74) is 0.653. The van der Waals surface area contributed by atoms with Crippen LogP contribution in [0.5, 0.6) is 0 Å². The molecule has 2 heterocycles. The number of rotatable bonds is 1. The van der Waals surface area contributed by atoms with E-state index in [9.17, 15) is 0 Å². The van der Waals surface area contributed by atoms with Gasteiger partial charge in [0.15, 0.2) is 11.8 Å². The van der Waals surface area contributed by atoms with Crippen molar-refractivity contribution < 1.29 is 9.57 Å². The van der Waals surface area contributed by atoms with Gasteiger partial charge in [-0.3, -0.25) is 4.68 Å². The van der Waals surface area contributed by atoms with Gasteiger partial charge < -0.3 is 9.57 Å². The predicted octanol–water partition coefficient (Wildman–Crippen LogP) is 1.17. The maximum atomic E-state index is 5.88. The number of aromatic nitrogens is 2. The van der Waals surface area contributed by atoms with E-state index < -0.39 is 0 Å². The highest BCUT2D eigenvalue weighted by molar-refractivity contribution is 6.32. The lowest BCUT2D eigenvalue weighted by molar-refractivity contribution is 0.0196. The molecule has 0 radical (unpaired) electrons. The first-order valence-corrected chi connectivity index (χ1v) is 4.60. The molecule has 0 saturated carbocycles. The van der Waals surface area contributed by atoms with Crippen LogP contribution in [0, 0.1) is 0 Å². The van der Waals surface area contributed by atoms with Crippen LogP contribution in [-0.2, 0) is 16.6 Å². The number of halogens is 1. The topological polar surface area (TPSA) is 48.6 Å². The molecular weight excluding hydrogens is 206 g/mol. The fourth-order valence-corrected chi connectivity index (χ4v) is 1.41. The normalized spacial score (nSPS) is 21.1. The van der Waals surface area contributed by atoms with Crippen molar-refractivity contribution in [1.29, 1.82) is 0 Å². The Morgan fingerprint density at radius 1 is 1.64 bits per heavy atom. The Hall–Kier alpha value is -1.23. The molecule has 1 aliphatic rings. The molecule has 0 saturated heterocycles. The molecule has 0 aromatic carbocycles. The molecule has 0 aliphatic carbocycles. The van der Waals surface area contributed by atoms with E-state index in [1.807, 2.05) is 6.92 Å². The molecule has 1 aliphatic heterocycles. The van der Waals surface area contributed by atoms with Crippen LogP contribution in [0.3, 0.4) is 0 Å². The monoisotopic (exact) mass is 215 g/mol. The lowest BCUT2D eigenvalue weighted by Crippen LogP contribution is -2.25. The van der Waals surface area contributed by atoms with E-state index in [2.05, 4.69) is 10.3 Å². The molecule has 1 aromatic heterocycles. The van der Waals surface area contributed by atoms with Gasteiger partial charge in [0.2, 0.25) is 0 Å². The average Bonchev–Trinajstić information content (AvgIpc) is 2.45. The highest BCUT2D eigenvalue weighted by Crippen LogP contribution is 2.17. The van der Waals surface area contributed by atoms with Crippen molar-refractivity contribution in [2.24, 2.45) is 12.2 Å². The summed E-state index contributed by atoms with van der Waals surface area (Å²) in [6.45, 7) is 2.36. The second-order valence-corrected chi connectivity index (χ2v) is 3.49. The van der Waals surface area contributed by atoms with Gasteiger partial charge in [-0.05, 0) is 12.1 Å². The molecule has 14 heavy (non-hydrogen) atoms. The van der Waals surface area contributed by atoms with E-state index in [1.165, 1.54) is 0 Å². The number of hydrogen-bond donors (Lipinski definition) is 0. The van der Waals surface area contributed by atoms with Crippen LogP contribution in [0.2, 0.25) is 5.15 Å². The maximum absolute atomic E-state index is 5.88. The summed E-state index contributed by atoms with van der Waals surface area (Å²) in [5, 5.41) is 8.12. The number of oxime groups is 1. The Balaban J connectivity index is 2.30. The van der Waals surface area contributed by atoms with Crippen molar-refractivity contribution in [3.63, 3.8) is 0 Å². The van der Waals surface area contributed by atoms with Gasteiger partial charge in [0, 0.05) is 13.2 Å². The van der Waals surface area contributed by atoms with Gasteiger partial charge in [-0.15, -0.1) is 0 Å². The van der Waals surface area contributed by atoms with Gasteiger partial charge >= 0.3 is 0 Å². The van der Waals surface area contributed by atoms with Gasteiger partial charge in [0.1, 0.15) is 6.10 Å². The molecule has 1 atom stereocenters. The van der Waals surface area contributed by atoms with E-state index in [0.717, 1.165) is 0 Å². The Labute approximate surface area is 86.2 Å². The fraction of sp³-hybridized carbons (Fsp3) is 0.500. The fourth-order valence-electron chi connectivity index (χ4n) is 1.16. The van der Waals surface area contributed by atoms with Crippen LogP contribution in [0.1, 0.15) is 12.5 Å². The Morgan fingerprint density at radius 2 is 2.43 bits per heavy atom. The van der Waals surface area contributed by atoms with Gasteiger partial charge in [-0.1, -0.05) is 11.6 Å². The molecule has 1 unspecified atom stereocenters. The van der Waals surface area contributed by atoms with Crippen molar-refractivity contribution in [3.05, 3.63) is 16.9 Å². The first-order valence-electron chi connectivity index (χ1n) is 4.23. The van der Waals surface area contributed by atoms with E-state index in [-0.39, 0.29) is 6.10 Å². The Bertz CT molecular complexity index is 375. The molecule has 0 bridgehead atoms. The average molecular weight is 216 g/mol. The summed E-state index contributed by atoms with van der Waals surface area (Å²) in [6, 6.07) is 0. The third-order valence-corrected chi connectivity index (χ3v) is 2.06. The van der Waals surface area contributed by atoms with Crippen LogP contribution in [-0.4, -0.2) is 28.4 Å². The third-order valence-electron chi connectivity index (χ3n) is 1.78. The van der Waals surface area contributed by atoms with Crippen LogP contribution in [0.15, 0.2) is 11.4 Å². The van der Waals surface area contributed by atoms with Crippen molar-refractivity contribution >= 4 is 17.5 Å². The first-order chi connectivity index (χ1) is 6.66. The minimum absolute atomic E-state index is 0.0150. The zero-order valence-corrected chi connectivity index (χ0v) is 8.65. The van der Waals surface area contributed by atoms with Crippen molar-refractivity contribution in [2.75, 3.05) is 6.61 Å². The molecule has 0 N–H and O–H groups in total. The molecular formula is C8H10ClN3O2. The molecule has 0 amide bonds. The quantitative estimate of drug-likeness (QED) is 0.707. The minimum atomic E-state index is -0.0150. The van der Waals surface area contributed by atoms with Crippen molar-refractivity contribution in [1.82, 2.24) is 9.78 Å². The van der Waals surface area contributed by atoms with Crippen molar-refractivity contribution in [3.8, 4) is 0 Å². The van der Waals surface area contributed by atoms with Crippen LogP contribution in [0.4, 0.5) is 0 Å². The Morgan fingerprint density at radius 3 is 3.00 bits per heavy atom. The summed E-state index contributed by atoms with van der Waals surface area (Å²) in [7, 11) is 1.78. The predicted molar refractivity (Wildman–Crippen MR) is 51.3 cm³/mol. The summed E-state index contributed by atoms with van der Waals surface area (Å²) < 4.78 is 7.05. The smallest absolute Gasteiger partial charge is 0.262 e. The van der Waals surface area contributed by atoms with Gasteiger partial charge in [-0.2, -0.15) is 5.10 Å². The highest BCUT2D eigenvalue weighted by Gasteiger charge is 2.20. The summed E-state index contributed by atoms with van der Waals surface area (Å²) in [6.07, 6.45) is 1.72. The van der Waals surface area contributed by atoms with E-state index in [0.29, 0.717) is 23.2 Å². The molecule has 76 valence electrons. The second-order valence-electron chi connectivity index (χ2n) is 3.13. The maximum Gasteiger partial charge on any atom is 0.262 e. The largest absolute Gasteiger partial charge is 0.468 e. The second kappa shape index (κ2) is 3.49. The summed E-state index contributed by atoms with van der Waals surface area (Å²) in [4.78, 5) is 4.98. The molecule has 0 spiro atoms. The first kappa shape index (κ1) is 9.33. The van der Waals surface area contributed by atoms with Crippen molar-refractivity contribution in [2.45, 2.75) is 13.0 Å². The molecule has 6 heteroatoms. The van der Waals surface area contributed by atoms with Gasteiger partial charge in [-0.25, -0.2) is 0 Å². The number of ether oxygens (including phenoxy) is 1. The summed E-state index contributed by atoms with van der Waals surface area (Å²) in [5.74, 6) is 0.391. The van der Waals surface area contributed by atoms with Crippen LogP contribution < -0.4 is 0 Å². The van der Waals surface area contributed by atoms with E-state index in [1.54, 1.807) is 17.9 Å². The molecule has 2 rings (SSSR count). The third kappa shape index (κ3) is 1.68. The van der Waals surface area contributed by atoms with Crippen LogP contribution >= 0.6 is 11.6 Å². The molecule has 1 aromatic rings. The SMILES string of the molecule is CC1CON=C(c2cn(C)nc2Cl)O1. The Kier molecular flexibility index (Phi) is 2.33. The van der Waals surface area contributed by atoms with E-state index >= 15 is 0 Å². The molecule has 5 nitrogen and oxygen atoms in total. The lowest BCUT2D eigenvalue weighted by atomic mass is 10.3. The highest BCUT2D eigenvalue weighted by atomic mass is 35.5. The van der Waals surface area contributed by atoms with Gasteiger partial charge in [0.05, 0.1) is 5.56 Å². The molecule has 0 fully saturated rings. The standard InChI is InChI=1S/C8H10ClN3O2/c1-5-4-13-11-8(14-5)6-3-12(2)10-7(6)9/h3,5H,4H2,1-2H3. The summed E-state index contributed by atoms with van der Waals surface area (Å²) >= 11 is 5.88. The number of aryl methyl sites for hydroxylation is 1. The van der Waals surface area contributed by atoms with E-state index in [4.69, 9.17) is 21.2 Å². The zero-order valence-electron chi connectivity index (χ0n) is 7.90. The van der Waals surface area contributed by atoms with Crippen LogP contribution in [0.25, 0.3) is 0 Å². The number of nitrogens with zero attached hydrogens (tertiary/aromatic N) is 3. The number of hydrogen-bond acceptors (Lipinski definition) is 4.